The van der Waals surface area contributed by atoms with Crippen LogP contribution in [-0.2, 0) is 9.53 Å². The Morgan fingerprint density at radius 2 is 2.50 bits per heavy atom. The summed E-state index contributed by atoms with van der Waals surface area (Å²) in [7, 11) is 1.71. The monoisotopic (exact) mass is 119 g/mol. The van der Waals surface area contributed by atoms with Gasteiger partial charge < -0.3 is 10.1 Å². The fraction of sp³-hybridized carbons (Fsp3) is 0.800. The molecule has 1 N–H and O–H groups in total. The average Bonchev–Trinajstić information content (AvgIpc) is 1.68. The molecule has 0 aliphatic carbocycles. The lowest BCUT2D eigenvalue weighted by atomic mass is 10.6. The van der Waals surface area contributed by atoms with E-state index in [1.165, 1.54) is 0 Å². The molecule has 0 aromatic carbocycles. The smallest absolute Gasteiger partial charge is 0.319 e. The van der Waals surface area contributed by atoms with Crippen molar-refractivity contribution < 1.29 is 11.0 Å². The first kappa shape index (κ1) is 7.43. The van der Waals surface area contributed by atoms with Gasteiger partial charge in [0.05, 0.1) is 13.2 Å². The van der Waals surface area contributed by atoms with Crippen molar-refractivity contribution in [1.82, 2.24) is 5.32 Å². The molecular formula is C5H13NO2. The summed E-state index contributed by atoms with van der Waals surface area (Å²) in [5.74, 6) is -0.199. The first-order chi connectivity index (χ1) is 3.81. The van der Waals surface area contributed by atoms with Gasteiger partial charge >= 0.3 is 5.97 Å². The predicted molar refractivity (Wildman–Crippen MR) is 32.7 cm³/mol. The van der Waals surface area contributed by atoms with Gasteiger partial charge in [-0.05, 0) is 14.0 Å². The van der Waals surface area contributed by atoms with Gasteiger partial charge in [-0.25, -0.2) is 0 Å². The minimum Gasteiger partial charge on any atom is -0.465 e. The second-order valence-electron chi connectivity index (χ2n) is 1.34. The van der Waals surface area contributed by atoms with Gasteiger partial charge in [-0.1, -0.05) is 0 Å². The molecule has 3 heteroatoms. The SMILES string of the molecule is CCOC(=O)CNC.[HH]. The van der Waals surface area contributed by atoms with Crippen LogP contribution in [0.5, 0.6) is 0 Å². The molecule has 0 heterocycles. The summed E-state index contributed by atoms with van der Waals surface area (Å²) in [6.45, 7) is 2.54. The van der Waals surface area contributed by atoms with E-state index in [2.05, 4.69) is 10.1 Å². The van der Waals surface area contributed by atoms with Crippen LogP contribution >= 0.6 is 0 Å². The van der Waals surface area contributed by atoms with E-state index in [0.29, 0.717) is 13.2 Å². The number of hydrogen-bond acceptors (Lipinski definition) is 3. The highest BCUT2D eigenvalue weighted by molar-refractivity contribution is 5.71. The molecule has 0 amide bonds. The molecular weight excluding hydrogens is 106 g/mol. The summed E-state index contributed by atoms with van der Waals surface area (Å²) < 4.78 is 4.58. The Balaban J connectivity index is 0. The predicted octanol–water partition coefficient (Wildman–Crippen LogP) is 0.0149. The van der Waals surface area contributed by atoms with E-state index in [1.807, 2.05) is 0 Å². The third kappa shape index (κ3) is 3.61. The van der Waals surface area contributed by atoms with Crippen LogP contribution in [0.3, 0.4) is 0 Å². The standard InChI is InChI=1S/C5H11NO2.H2/c1-3-8-5(7)4-6-2;/h6H,3-4H2,1-2H3;1H. The van der Waals surface area contributed by atoms with Gasteiger partial charge in [-0.3, -0.25) is 4.79 Å². The Bertz CT molecular complexity index is 69.4. The molecule has 0 radical (unpaired) electrons. The number of carbonyl (C=O) groups excluding carboxylic acids is 1. The topological polar surface area (TPSA) is 38.3 Å². The van der Waals surface area contributed by atoms with Crippen LogP contribution in [-0.4, -0.2) is 26.2 Å². The first-order valence-corrected chi connectivity index (χ1v) is 2.61. The number of hydrogen-bond donors (Lipinski definition) is 1. The van der Waals surface area contributed by atoms with Crippen molar-refractivity contribution in [2.45, 2.75) is 6.92 Å². The molecule has 0 aliphatic rings. The highest BCUT2D eigenvalue weighted by Crippen LogP contribution is 1.72. The molecule has 3 nitrogen and oxygen atoms in total. The van der Waals surface area contributed by atoms with Crippen molar-refractivity contribution in [2.24, 2.45) is 0 Å². The first-order valence-electron chi connectivity index (χ1n) is 2.61. The number of nitrogens with one attached hydrogen (secondary N) is 1. The van der Waals surface area contributed by atoms with E-state index in [0.717, 1.165) is 0 Å². The zero-order valence-electron chi connectivity index (χ0n) is 5.23. The molecule has 8 heavy (non-hydrogen) atoms. The van der Waals surface area contributed by atoms with Crippen LogP contribution in [0.15, 0.2) is 0 Å². The van der Waals surface area contributed by atoms with Gasteiger partial charge in [-0.2, -0.15) is 0 Å². The zero-order chi connectivity index (χ0) is 6.41. The van der Waals surface area contributed by atoms with E-state index in [-0.39, 0.29) is 7.40 Å². The molecule has 0 saturated heterocycles. The summed E-state index contributed by atoms with van der Waals surface area (Å²) in [5, 5.41) is 2.68. The Hall–Kier alpha value is -0.570. The van der Waals surface area contributed by atoms with Gasteiger partial charge in [0.15, 0.2) is 0 Å². The van der Waals surface area contributed by atoms with Crippen LogP contribution in [0, 0.1) is 0 Å². The van der Waals surface area contributed by atoms with E-state index in [1.54, 1.807) is 14.0 Å². The molecule has 0 unspecified atom stereocenters. The molecule has 0 aliphatic heterocycles. The van der Waals surface area contributed by atoms with Crippen LogP contribution in [0.2, 0.25) is 0 Å². The number of esters is 1. The van der Waals surface area contributed by atoms with Gasteiger partial charge in [0, 0.05) is 1.43 Å². The summed E-state index contributed by atoms with van der Waals surface area (Å²) in [6.07, 6.45) is 0. The molecule has 0 rings (SSSR count). The quantitative estimate of drug-likeness (QED) is 0.532. The Morgan fingerprint density at radius 1 is 1.88 bits per heavy atom. The van der Waals surface area contributed by atoms with Gasteiger partial charge in [-0.15, -0.1) is 0 Å². The second kappa shape index (κ2) is 4.59. The maximum atomic E-state index is 10.4. The van der Waals surface area contributed by atoms with E-state index in [4.69, 9.17) is 0 Å². The van der Waals surface area contributed by atoms with Crippen molar-refractivity contribution in [1.29, 1.82) is 0 Å². The van der Waals surface area contributed by atoms with Crippen molar-refractivity contribution in [3.05, 3.63) is 0 Å². The van der Waals surface area contributed by atoms with E-state index in [9.17, 15) is 4.79 Å². The van der Waals surface area contributed by atoms with Crippen LogP contribution < -0.4 is 5.32 Å². The number of rotatable bonds is 3. The molecule has 50 valence electrons. The third-order valence-corrected chi connectivity index (χ3v) is 0.626. The minimum atomic E-state index is -0.199. The molecule has 0 saturated carbocycles. The zero-order valence-corrected chi connectivity index (χ0v) is 5.23. The lowest BCUT2D eigenvalue weighted by Gasteiger charge is -1.97. The van der Waals surface area contributed by atoms with Crippen LogP contribution in [0.1, 0.15) is 8.35 Å². The van der Waals surface area contributed by atoms with Crippen molar-refractivity contribution in [3.8, 4) is 0 Å². The minimum absolute atomic E-state index is 0. The van der Waals surface area contributed by atoms with Crippen LogP contribution in [0.25, 0.3) is 0 Å². The van der Waals surface area contributed by atoms with Crippen molar-refractivity contribution in [2.75, 3.05) is 20.2 Å². The van der Waals surface area contributed by atoms with Gasteiger partial charge in [0.25, 0.3) is 0 Å². The third-order valence-electron chi connectivity index (χ3n) is 0.626. The lowest BCUT2D eigenvalue weighted by molar-refractivity contribution is -0.141. The molecule has 0 fully saturated rings. The molecule has 0 atom stereocenters. The Morgan fingerprint density at radius 3 is 2.88 bits per heavy atom. The number of carbonyl (C=O) groups is 1. The van der Waals surface area contributed by atoms with Crippen LogP contribution in [0.4, 0.5) is 0 Å². The molecule has 0 aromatic rings. The highest BCUT2D eigenvalue weighted by atomic mass is 16.5. The summed E-state index contributed by atoms with van der Waals surface area (Å²) in [5.41, 5.74) is 0. The fourth-order valence-electron chi connectivity index (χ4n) is 0.356. The Labute approximate surface area is 50.5 Å². The molecule has 0 spiro atoms. The normalized spacial score (nSPS) is 8.75. The van der Waals surface area contributed by atoms with E-state index < -0.39 is 0 Å². The van der Waals surface area contributed by atoms with E-state index >= 15 is 0 Å². The average molecular weight is 119 g/mol. The summed E-state index contributed by atoms with van der Waals surface area (Å²) >= 11 is 0. The van der Waals surface area contributed by atoms with Gasteiger partial charge in [0.1, 0.15) is 0 Å². The lowest BCUT2D eigenvalue weighted by Crippen LogP contribution is -2.20. The number of likely N-dealkylation sites (N-methyl/N-ethyl adjacent to an activating group) is 1. The van der Waals surface area contributed by atoms with Gasteiger partial charge in [0.2, 0.25) is 0 Å². The largest absolute Gasteiger partial charge is 0.465 e. The second-order valence-corrected chi connectivity index (χ2v) is 1.34. The highest BCUT2D eigenvalue weighted by Gasteiger charge is 1.94. The molecule has 0 bridgehead atoms. The summed E-state index contributed by atoms with van der Waals surface area (Å²) in [4.78, 5) is 10.4. The molecule has 0 aromatic heterocycles. The maximum Gasteiger partial charge on any atom is 0.319 e. The van der Waals surface area contributed by atoms with Crippen molar-refractivity contribution >= 4 is 5.97 Å². The summed E-state index contributed by atoms with van der Waals surface area (Å²) in [6, 6.07) is 0. The Kier molecular flexibility index (Phi) is 4.26. The number of ether oxygens (including phenoxy) is 1. The maximum absolute atomic E-state index is 10.4. The van der Waals surface area contributed by atoms with Crippen molar-refractivity contribution in [3.63, 3.8) is 0 Å². The fourth-order valence-corrected chi connectivity index (χ4v) is 0.356.